The second-order valence-corrected chi connectivity index (χ2v) is 6.53. The molecule has 7 heteroatoms. The van der Waals surface area contributed by atoms with E-state index >= 15 is 0 Å². The van der Waals surface area contributed by atoms with Crippen molar-refractivity contribution in [1.29, 1.82) is 0 Å². The molecule has 2 aromatic heterocycles. The van der Waals surface area contributed by atoms with Crippen molar-refractivity contribution in [2.24, 2.45) is 0 Å². The second-order valence-electron chi connectivity index (χ2n) is 5.79. The molecule has 0 radical (unpaired) electrons. The molecule has 0 amide bonds. The first-order chi connectivity index (χ1) is 9.88. The molecule has 0 spiro atoms. The van der Waals surface area contributed by atoms with Crippen molar-refractivity contribution in [2.75, 3.05) is 6.61 Å². The number of aromatic nitrogens is 3. The van der Waals surface area contributed by atoms with Crippen molar-refractivity contribution in [2.45, 2.75) is 44.9 Å². The SMILES string of the molecule is CC(C)(O)c1nc2c(Cl)nc(Cl)cc2n1C1CCCCO1. The van der Waals surface area contributed by atoms with Gasteiger partial charge in [-0.15, -0.1) is 0 Å². The second kappa shape index (κ2) is 5.39. The Morgan fingerprint density at radius 1 is 1.33 bits per heavy atom. The molecule has 1 saturated heterocycles. The molecule has 1 fully saturated rings. The fourth-order valence-corrected chi connectivity index (χ4v) is 3.14. The van der Waals surface area contributed by atoms with E-state index in [4.69, 9.17) is 27.9 Å². The first kappa shape index (κ1) is 15.0. The van der Waals surface area contributed by atoms with E-state index in [0.717, 1.165) is 24.8 Å². The van der Waals surface area contributed by atoms with E-state index in [-0.39, 0.29) is 11.4 Å². The van der Waals surface area contributed by atoms with Gasteiger partial charge in [-0.05, 0) is 33.1 Å². The van der Waals surface area contributed by atoms with Gasteiger partial charge in [0.15, 0.2) is 5.15 Å². The highest BCUT2D eigenvalue weighted by Gasteiger charge is 2.30. The minimum atomic E-state index is -1.12. The summed E-state index contributed by atoms with van der Waals surface area (Å²) >= 11 is 12.2. The first-order valence-electron chi connectivity index (χ1n) is 6.96. The quantitative estimate of drug-likeness (QED) is 0.854. The standard InChI is InChI=1S/C14H17Cl2N3O2/c1-14(2,20)13-18-11-8(7-9(15)17-12(11)16)19(13)10-5-3-4-6-21-10/h7,10,20H,3-6H2,1-2H3. The Morgan fingerprint density at radius 3 is 2.71 bits per heavy atom. The van der Waals surface area contributed by atoms with Crippen molar-refractivity contribution in [3.05, 3.63) is 22.2 Å². The number of aliphatic hydroxyl groups is 1. The van der Waals surface area contributed by atoms with Crippen molar-refractivity contribution in [3.8, 4) is 0 Å². The normalized spacial score (nSPS) is 20.1. The summed E-state index contributed by atoms with van der Waals surface area (Å²) < 4.78 is 7.75. The molecule has 1 atom stereocenters. The number of rotatable bonds is 2. The van der Waals surface area contributed by atoms with Crippen LogP contribution in [0.25, 0.3) is 11.0 Å². The van der Waals surface area contributed by atoms with Crippen LogP contribution >= 0.6 is 23.2 Å². The number of hydrogen-bond acceptors (Lipinski definition) is 4. The number of ether oxygens (including phenoxy) is 1. The Balaban J connectivity index is 2.26. The minimum Gasteiger partial charge on any atom is -0.383 e. The highest BCUT2D eigenvalue weighted by atomic mass is 35.5. The van der Waals surface area contributed by atoms with Crippen LogP contribution < -0.4 is 0 Å². The Kier molecular flexibility index (Phi) is 3.86. The maximum absolute atomic E-state index is 10.4. The van der Waals surface area contributed by atoms with Gasteiger partial charge >= 0.3 is 0 Å². The summed E-state index contributed by atoms with van der Waals surface area (Å²) in [7, 11) is 0. The summed E-state index contributed by atoms with van der Waals surface area (Å²) in [6, 6.07) is 1.71. The van der Waals surface area contributed by atoms with Crippen LogP contribution in [0.2, 0.25) is 10.3 Å². The molecule has 0 aliphatic carbocycles. The summed E-state index contributed by atoms with van der Waals surface area (Å²) in [5, 5.41) is 11.0. The third kappa shape index (κ3) is 2.75. The lowest BCUT2D eigenvalue weighted by atomic mass is 10.1. The topological polar surface area (TPSA) is 60.2 Å². The van der Waals surface area contributed by atoms with Crippen LogP contribution in [0.1, 0.15) is 45.2 Å². The highest BCUT2D eigenvalue weighted by Crippen LogP contribution is 2.35. The third-order valence-corrected chi connectivity index (χ3v) is 4.05. The van der Waals surface area contributed by atoms with Gasteiger partial charge < -0.3 is 9.84 Å². The van der Waals surface area contributed by atoms with Gasteiger partial charge in [0.05, 0.1) is 5.52 Å². The predicted molar refractivity (Wildman–Crippen MR) is 81.6 cm³/mol. The van der Waals surface area contributed by atoms with Crippen LogP contribution in [0.3, 0.4) is 0 Å². The van der Waals surface area contributed by atoms with E-state index in [0.29, 0.717) is 23.1 Å². The number of pyridine rings is 1. The Bertz CT molecular complexity index is 673. The van der Waals surface area contributed by atoms with Gasteiger partial charge in [-0.25, -0.2) is 9.97 Å². The van der Waals surface area contributed by atoms with Crippen LogP contribution in [0.15, 0.2) is 6.07 Å². The molecule has 0 bridgehead atoms. The van der Waals surface area contributed by atoms with E-state index in [9.17, 15) is 5.11 Å². The van der Waals surface area contributed by atoms with Gasteiger partial charge in [-0.3, -0.25) is 4.57 Å². The van der Waals surface area contributed by atoms with Gasteiger partial charge in [0, 0.05) is 12.7 Å². The largest absolute Gasteiger partial charge is 0.383 e. The van der Waals surface area contributed by atoms with Gasteiger partial charge in [0.1, 0.15) is 28.3 Å². The van der Waals surface area contributed by atoms with E-state index in [1.807, 2.05) is 4.57 Å². The zero-order valence-corrected chi connectivity index (χ0v) is 13.4. The molecule has 21 heavy (non-hydrogen) atoms. The van der Waals surface area contributed by atoms with Gasteiger partial charge in [0.2, 0.25) is 0 Å². The number of nitrogens with zero attached hydrogens (tertiary/aromatic N) is 3. The molecule has 3 rings (SSSR count). The predicted octanol–water partition coefficient (Wildman–Crippen LogP) is 3.66. The highest BCUT2D eigenvalue weighted by molar-refractivity contribution is 6.36. The van der Waals surface area contributed by atoms with Gasteiger partial charge in [0.25, 0.3) is 0 Å². The third-order valence-electron chi connectivity index (χ3n) is 3.60. The lowest BCUT2D eigenvalue weighted by Gasteiger charge is -2.28. The minimum absolute atomic E-state index is 0.167. The van der Waals surface area contributed by atoms with Crippen LogP contribution in [-0.4, -0.2) is 26.2 Å². The molecule has 114 valence electrons. The molecular formula is C14H17Cl2N3O2. The zero-order valence-electron chi connectivity index (χ0n) is 11.9. The summed E-state index contributed by atoms with van der Waals surface area (Å²) in [4.78, 5) is 8.50. The molecule has 1 aliphatic rings. The van der Waals surface area contributed by atoms with Crippen LogP contribution in [0.4, 0.5) is 0 Å². The van der Waals surface area contributed by atoms with E-state index in [2.05, 4.69) is 9.97 Å². The first-order valence-corrected chi connectivity index (χ1v) is 7.72. The molecule has 1 N–H and O–H groups in total. The van der Waals surface area contributed by atoms with E-state index in [1.54, 1.807) is 19.9 Å². The number of hydrogen-bond donors (Lipinski definition) is 1. The summed E-state index contributed by atoms with van der Waals surface area (Å²) in [6.07, 6.45) is 2.82. The van der Waals surface area contributed by atoms with Crippen molar-refractivity contribution >= 4 is 34.2 Å². The molecule has 1 unspecified atom stereocenters. The smallest absolute Gasteiger partial charge is 0.158 e. The van der Waals surface area contributed by atoms with Crippen molar-refractivity contribution in [1.82, 2.24) is 14.5 Å². The lowest BCUT2D eigenvalue weighted by molar-refractivity contribution is -0.0402. The summed E-state index contributed by atoms with van der Waals surface area (Å²) in [5.74, 6) is 0.510. The average Bonchev–Trinajstić information content (AvgIpc) is 2.79. The van der Waals surface area contributed by atoms with E-state index < -0.39 is 5.60 Å². The van der Waals surface area contributed by atoms with E-state index in [1.165, 1.54) is 0 Å². The van der Waals surface area contributed by atoms with Crippen molar-refractivity contribution < 1.29 is 9.84 Å². The molecule has 2 aromatic rings. The van der Waals surface area contributed by atoms with Gasteiger partial charge in [-0.1, -0.05) is 23.2 Å². The molecule has 1 aliphatic heterocycles. The number of fused-ring (bicyclic) bond motifs is 1. The fourth-order valence-electron chi connectivity index (χ4n) is 2.68. The molecule has 5 nitrogen and oxygen atoms in total. The molecule has 0 saturated carbocycles. The Hall–Kier alpha value is -0.880. The zero-order chi connectivity index (χ0) is 15.2. The van der Waals surface area contributed by atoms with Gasteiger partial charge in [-0.2, -0.15) is 0 Å². The molecular weight excluding hydrogens is 313 g/mol. The fraction of sp³-hybridized carbons (Fsp3) is 0.571. The van der Waals surface area contributed by atoms with Crippen LogP contribution in [0.5, 0.6) is 0 Å². The van der Waals surface area contributed by atoms with Crippen LogP contribution in [-0.2, 0) is 10.3 Å². The maximum atomic E-state index is 10.4. The van der Waals surface area contributed by atoms with Crippen LogP contribution in [0, 0.1) is 0 Å². The molecule has 0 aromatic carbocycles. The monoisotopic (exact) mass is 329 g/mol. The summed E-state index contributed by atoms with van der Waals surface area (Å²) in [6.45, 7) is 4.08. The number of halogens is 2. The Labute approximate surface area is 132 Å². The average molecular weight is 330 g/mol. The lowest BCUT2D eigenvalue weighted by Crippen LogP contribution is -2.27. The van der Waals surface area contributed by atoms with Crippen molar-refractivity contribution in [3.63, 3.8) is 0 Å². The maximum Gasteiger partial charge on any atom is 0.158 e. The number of imidazole rings is 1. The summed E-state index contributed by atoms with van der Waals surface area (Å²) in [5.41, 5.74) is 0.159. The Morgan fingerprint density at radius 2 is 2.10 bits per heavy atom. The molecule has 3 heterocycles.